The Balaban J connectivity index is 2.29. The monoisotopic (exact) mass is 243 g/mol. The van der Waals surface area contributed by atoms with Crippen molar-refractivity contribution in [3.05, 3.63) is 71.0 Å². The fraction of sp³-hybridized carbons (Fsp3) is 0.133. The molecule has 92 valence electrons. The average molecular weight is 243 g/mol. The van der Waals surface area contributed by atoms with Crippen molar-refractivity contribution >= 4 is 5.78 Å². The van der Waals surface area contributed by atoms with Gasteiger partial charge in [-0.2, -0.15) is 0 Å². The molecule has 0 radical (unpaired) electrons. The number of halogens is 1. The van der Waals surface area contributed by atoms with Gasteiger partial charge in [0.2, 0.25) is 0 Å². The highest BCUT2D eigenvalue weighted by atomic mass is 19.1. The summed E-state index contributed by atoms with van der Waals surface area (Å²) in [4.78, 5) is 12.2. The van der Waals surface area contributed by atoms with Crippen LogP contribution < -0.4 is 5.73 Å². The van der Waals surface area contributed by atoms with E-state index in [0.717, 1.165) is 5.56 Å². The lowest BCUT2D eigenvalue weighted by molar-refractivity contribution is 0.0961. The molecule has 2 rings (SSSR count). The standard InChI is InChI=1S/C15H14FNO/c1-10-9-12(7-8-13(10)16)15(18)14(17)11-5-3-2-4-6-11/h2-9,14H,17H2,1H3. The first kappa shape index (κ1) is 12.5. The molecule has 0 aliphatic carbocycles. The number of hydrogen-bond donors (Lipinski definition) is 1. The van der Waals surface area contributed by atoms with Crippen molar-refractivity contribution in [2.45, 2.75) is 13.0 Å². The number of nitrogens with two attached hydrogens (primary N) is 1. The lowest BCUT2D eigenvalue weighted by Crippen LogP contribution is -2.21. The van der Waals surface area contributed by atoms with Gasteiger partial charge in [-0.05, 0) is 36.2 Å². The summed E-state index contributed by atoms with van der Waals surface area (Å²) in [5.74, 6) is -0.524. The zero-order valence-corrected chi connectivity index (χ0v) is 10.1. The van der Waals surface area contributed by atoms with Crippen LogP contribution in [0.1, 0.15) is 27.5 Å². The van der Waals surface area contributed by atoms with Gasteiger partial charge < -0.3 is 5.73 Å². The number of hydrogen-bond acceptors (Lipinski definition) is 2. The van der Waals surface area contributed by atoms with Crippen LogP contribution in [0.15, 0.2) is 48.5 Å². The van der Waals surface area contributed by atoms with Crippen LogP contribution in [0.4, 0.5) is 4.39 Å². The van der Waals surface area contributed by atoms with Crippen LogP contribution in [0.5, 0.6) is 0 Å². The first-order valence-electron chi connectivity index (χ1n) is 5.70. The Morgan fingerprint density at radius 1 is 1.17 bits per heavy atom. The molecule has 0 fully saturated rings. The summed E-state index contributed by atoms with van der Waals surface area (Å²) in [6, 6.07) is 12.7. The zero-order chi connectivity index (χ0) is 13.1. The van der Waals surface area contributed by atoms with Gasteiger partial charge in [0.25, 0.3) is 0 Å². The van der Waals surface area contributed by atoms with Crippen LogP contribution in [-0.2, 0) is 0 Å². The van der Waals surface area contributed by atoms with E-state index in [2.05, 4.69) is 0 Å². The van der Waals surface area contributed by atoms with Crippen LogP contribution in [0.3, 0.4) is 0 Å². The van der Waals surface area contributed by atoms with Gasteiger partial charge in [-0.15, -0.1) is 0 Å². The lowest BCUT2D eigenvalue weighted by Gasteiger charge is -2.11. The maximum Gasteiger partial charge on any atom is 0.184 e. The van der Waals surface area contributed by atoms with Crippen molar-refractivity contribution in [2.24, 2.45) is 5.73 Å². The molecule has 0 aliphatic heterocycles. The van der Waals surface area contributed by atoms with Gasteiger partial charge in [-0.1, -0.05) is 30.3 Å². The smallest absolute Gasteiger partial charge is 0.184 e. The maximum atomic E-state index is 13.1. The molecule has 3 heteroatoms. The Labute approximate surface area is 105 Å². The van der Waals surface area contributed by atoms with Crippen LogP contribution in [-0.4, -0.2) is 5.78 Å². The minimum atomic E-state index is -0.712. The van der Waals surface area contributed by atoms with Crippen molar-refractivity contribution in [3.63, 3.8) is 0 Å². The van der Waals surface area contributed by atoms with Crippen LogP contribution in [0.2, 0.25) is 0 Å². The number of aryl methyl sites for hydroxylation is 1. The molecule has 0 saturated carbocycles. The van der Waals surface area contributed by atoms with E-state index in [9.17, 15) is 9.18 Å². The van der Waals surface area contributed by atoms with Crippen molar-refractivity contribution < 1.29 is 9.18 Å². The normalized spacial score (nSPS) is 12.2. The van der Waals surface area contributed by atoms with Gasteiger partial charge >= 0.3 is 0 Å². The minimum absolute atomic E-state index is 0.204. The highest BCUT2D eigenvalue weighted by molar-refractivity contribution is 6.00. The summed E-state index contributed by atoms with van der Waals surface area (Å²) < 4.78 is 13.1. The van der Waals surface area contributed by atoms with E-state index < -0.39 is 6.04 Å². The first-order chi connectivity index (χ1) is 8.59. The highest BCUT2D eigenvalue weighted by Gasteiger charge is 2.17. The predicted octanol–water partition coefficient (Wildman–Crippen LogP) is 3.02. The summed E-state index contributed by atoms with van der Waals surface area (Å²) in [7, 11) is 0. The van der Waals surface area contributed by atoms with E-state index in [-0.39, 0.29) is 11.6 Å². The van der Waals surface area contributed by atoms with Crippen molar-refractivity contribution in [1.29, 1.82) is 0 Å². The molecule has 1 atom stereocenters. The van der Waals surface area contributed by atoms with Crippen LogP contribution in [0.25, 0.3) is 0 Å². The number of rotatable bonds is 3. The summed E-state index contributed by atoms with van der Waals surface area (Å²) in [5.41, 5.74) is 7.55. The molecule has 2 aromatic rings. The molecule has 18 heavy (non-hydrogen) atoms. The molecule has 2 N–H and O–H groups in total. The summed E-state index contributed by atoms with van der Waals surface area (Å²) in [6.45, 7) is 1.63. The third kappa shape index (κ3) is 2.46. The Morgan fingerprint density at radius 3 is 2.44 bits per heavy atom. The van der Waals surface area contributed by atoms with Gasteiger partial charge in [0.1, 0.15) is 5.82 Å². The molecule has 0 heterocycles. The lowest BCUT2D eigenvalue weighted by atomic mass is 9.97. The third-order valence-electron chi connectivity index (χ3n) is 2.88. The van der Waals surface area contributed by atoms with Gasteiger partial charge in [0.15, 0.2) is 5.78 Å². The average Bonchev–Trinajstić information content (AvgIpc) is 2.41. The second-order valence-corrected chi connectivity index (χ2v) is 4.22. The number of benzene rings is 2. The summed E-state index contributed by atoms with van der Waals surface area (Å²) in [6.07, 6.45) is 0. The molecule has 0 aliphatic rings. The van der Waals surface area contributed by atoms with Crippen molar-refractivity contribution in [1.82, 2.24) is 0 Å². The van der Waals surface area contributed by atoms with E-state index in [0.29, 0.717) is 11.1 Å². The summed E-state index contributed by atoms with van der Waals surface area (Å²) >= 11 is 0. The number of ketones is 1. The molecule has 2 nitrogen and oxygen atoms in total. The molecule has 2 aromatic carbocycles. The number of carbonyl (C=O) groups is 1. The fourth-order valence-electron chi connectivity index (χ4n) is 1.79. The second kappa shape index (κ2) is 5.10. The molecular formula is C15H14FNO. The Bertz CT molecular complexity index is 566. The van der Waals surface area contributed by atoms with Crippen molar-refractivity contribution in [3.8, 4) is 0 Å². The van der Waals surface area contributed by atoms with E-state index in [1.165, 1.54) is 18.2 Å². The van der Waals surface area contributed by atoms with E-state index >= 15 is 0 Å². The SMILES string of the molecule is Cc1cc(C(=O)C(N)c2ccccc2)ccc1F. The van der Waals surface area contributed by atoms with Gasteiger partial charge in [-0.25, -0.2) is 4.39 Å². The second-order valence-electron chi connectivity index (χ2n) is 4.22. The van der Waals surface area contributed by atoms with Crippen molar-refractivity contribution in [2.75, 3.05) is 0 Å². The van der Waals surface area contributed by atoms with E-state index in [1.807, 2.05) is 18.2 Å². The quantitative estimate of drug-likeness (QED) is 0.842. The minimum Gasteiger partial charge on any atom is -0.318 e. The molecule has 0 saturated heterocycles. The summed E-state index contributed by atoms with van der Waals surface area (Å²) in [5, 5.41) is 0. The van der Waals surface area contributed by atoms with Gasteiger partial charge in [-0.3, -0.25) is 4.79 Å². The third-order valence-corrected chi connectivity index (χ3v) is 2.88. The largest absolute Gasteiger partial charge is 0.318 e. The molecular weight excluding hydrogens is 229 g/mol. The molecule has 0 bridgehead atoms. The van der Waals surface area contributed by atoms with Gasteiger partial charge in [0.05, 0.1) is 6.04 Å². The Kier molecular flexibility index (Phi) is 3.53. The highest BCUT2D eigenvalue weighted by Crippen LogP contribution is 2.17. The fourth-order valence-corrected chi connectivity index (χ4v) is 1.79. The van der Waals surface area contributed by atoms with Gasteiger partial charge in [0, 0.05) is 5.56 Å². The van der Waals surface area contributed by atoms with E-state index in [4.69, 9.17) is 5.73 Å². The zero-order valence-electron chi connectivity index (χ0n) is 10.1. The number of carbonyl (C=O) groups excluding carboxylic acids is 1. The molecule has 0 spiro atoms. The van der Waals surface area contributed by atoms with Crippen LogP contribution >= 0.6 is 0 Å². The predicted molar refractivity (Wildman–Crippen MR) is 68.8 cm³/mol. The Morgan fingerprint density at radius 2 is 1.83 bits per heavy atom. The van der Waals surface area contributed by atoms with E-state index in [1.54, 1.807) is 19.1 Å². The first-order valence-corrected chi connectivity index (χ1v) is 5.70. The van der Waals surface area contributed by atoms with Crippen LogP contribution in [0, 0.1) is 12.7 Å². The molecule has 0 amide bonds. The maximum absolute atomic E-state index is 13.1. The molecule has 1 unspecified atom stereocenters. The Hall–Kier alpha value is -2.00. The topological polar surface area (TPSA) is 43.1 Å². The number of Topliss-reactive ketones (excluding diaryl/α,β-unsaturated/α-hetero) is 1. The molecule has 0 aromatic heterocycles.